The van der Waals surface area contributed by atoms with Crippen LogP contribution in [0, 0.1) is 27.7 Å². The molecule has 0 saturated heterocycles. The number of nitrogens with one attached hydrogen (secondary N) is 3. The largest absolute Gasteiger partial charge is 0.462 e. The van der Waals surface area contributed by atoms with Crippen LogP contribution in [-0.4, -0.2) is 38.4 Å². The third kappa shape index (κ3) is 4.79. The zero-order valence-corrected chi connectivity index (χ0v) is 17.4. The van der Waals surface area contributed by atoms with E-state index in [1.807, 2.05) is 26.0 Å². The minimum Gasteiger partial charge on any atom is -0.462 e. The molecule has 9 heteroatoms. The van der Waals surface area contributed by atoms with Crippen molar-refractivity contribution in [2.24, 2.45) is 0 Å². The predicted molar refractivity (Wildman–Crippen MR) is 106 cm³/mol. The van der Waals surface area contributed by atoms with Gasteiger partial charge in [0.05, 0.1) is 13.2 Å². The van der Waals surface area contributed by atoms with Crippen LogP contribution >= 0.6 is 0 Å². The van der Waals surface area contributed by atoms with Crippen molar-refractivity contribution in [3.05, 3.63) is 46.3 Å². The van der Waals surface area contributed by atoms with E-state index in [9.17, 15) is 18.0 Å². The zero-order valence-electron chi connectivity index (χ0n) is 16.6. The molecule has 1 aromatic carbocycles. The van der Waals surface area contributed by atoms with E-state index in [2.05, 4.69) is 15.0 Å². The Morgan fingerprint density at radius 3 is 2.43 bits per heavy atom. The summed E-state index contributed by atoms with van der Waals surface area (Å²) in [5, 5.41) is 2.69. The van der Waals surface area contributed by atoms with Crippen LogP contribution in [0.5, 0.6) is 0 Å². The zero-order chi connectivity index (χ0) is 21.1. The fourth-order valence-corrected chi connectivity index (χ4v) is 4.27. The summed E-state index contributed by atoms with van der Waals surface area (Å²) in [6, 6.07) is 5.59. The molecule has 3 N–H and O–H groups in total. The molecule has 0 radical (unpaired) electrons. The summed E-state index contributed by atoms with van der Waals surface area (Å²) in [5.74, 6) is -1.25. The van der Waals surface area contributed by atoms with Crippen LogP contribution < -0.4 is 10.0 Å². The minimum atomic E-state index is -4.11. The molecule has 0 saturated carbocycles. The third-order valence-corrected chi connectivity index (χ3v) is 5.73. The van der Waals surface area contributed by atoms with Gasteiger partial charge in [-0.3, -0.25) is 4.79 Å². The molecular formula is C19H25N3O5S. The molecule has 0 aliphatic rings. The van der Waals surface area contributed by atoms with Crippen molar-refractivity contribution < 1.29 is 22.7 Å². The summed E-state index contributed by atoms with van der Waals surface area (Å²) in [6.45, 7) is 8.15. The van der Waals surface area contributed by atoms with Crippen LogP contribution in [0.1, 0.15) is 39.8 Å². The van der Waals surface area contributed by atoms with Crippen LogP contribution in [0.2, 0.25) is 0 Å². The topological polar surface area (TPSA) is 117 Å². The number of H-pyrrole nitrogens is 1. The van der Waals surface area contributed by atoms with E-state index in [0.29, 0.717) is 17.1 Å². The van der Waals surface area contributed by atoms with Gasteiger partial charge in [-0.15, -0.1) is 0 Å². The lowest BCUT2D eigenvalue weighted by atomic mass is 10.1. The molecule has 1 amide bonds. The van der Waals surface area contributed by atoms with E-state index in [1.54, 1.807) is 26.8 Å². The predicted octanol–water partition coefficient (Wildman–Crippen LogP) is 2.34. The molecule has 0 atom stereocenters. The lowest BCUT2D eigenvalue weighted by molar-refractivity contribution is -0.115. The van der Waals surface area contributed by atoms with Crippen molar-refractivity contribution >= 4 is 27.6 Å². The van der Waals surface area contributed by atoms with Crippen LogP contribution in [-0.2, 0) is 19.6 Å². The summed E-state index contributed by atoms with van der Waals surface area (Å²) in [4.78, 5) is 27.0. The first kappa shape index (κ1) is 21.6. The van der Waals surface area contributed by atoms with Crippen LogP contribution in [0.3, 0.4) is 0 Å². The number of hydrogen-bond acceptors (Lipinski definition) is 5. The standard InChI is InChI=1S/C19H25N3O5S/c1-6-27-19(24)17-13(4)21-14(5)18(17)28(25,26)20-10-16(23)22-15-9-11(2)7-8-12(15)3/h7-9,20-21H,6,10H2,1-5H3,(H,22,23). The number of sulfonamides is 1. The summed E-state index contributed by atoms with van der Waals surface area (Å²) < 4.78 is 32.7. The van der Waals surface area contributed by atoms with Gasteiger partial charge in [-0.05, 0) is 51.8 Å². The first-order valence-corrected chi connectivity index (χ1v) is 10.3. The Kier molecular flexibility index (Phi) is 6.63. The molecule has 2 aromatic rings. The summed E-state index contributed by atoms with van der Waals surface area (Å²) in [7, 11) is -4.11. The Bertz CT molecular complexity index is 1010. The van der Waals surface area contributed by atoms with Gasteiger partial charge >= 0.3 is 5.97 Å². The Morgan fingerprint density at radius 1 is 1.11 bits per heavy atom. The number of esters is 1. The van der Waals surface area contributed by atoms with E-state index in [4.69, 9.17) is 4.74 Å². The smallest absolute Gasteiger partial charge is 0.341 e. The van der Waals surface area contributed by atoms with E-state index >= 15 is 0 Å². The Balaban J connectivity index is 2.19. The van der Waals surface area contributed by atoms with Crippen LogP contribution in [0.4, 0.5) is 5.69 Å². The number of carbonyl (C=O) groups excluding carboxylic acids is 2. The fourth-order valence-electron chi connectivity index (χ4n) is 2.84. The molecule has 0 aliphatic carbocycles. The molecule has 2 rings (SSSR count). The van der Waals surface area contributed by atoms with Crippen molar-refractivity contribution in [1.82, 2.24) is 9.71 Å². The van der Waals surface area contributed by atoms with Crippen molar-refractivity contribution in [3.63, 3.8) is 0 Å². The minimum absolute atomic E-state index is 0.0539. The van der Waals surface area contributed by atoms with Gasteiger partial charge < -0.3 is 15.0 Å². The Labute approximate surface area is 164 Å². The molecule has 152 valence electrons. The lowest BCUT2D eigenvalue weighted by Gasteiger charge is -2.11. The number of aryl methyl sites for hydroxylation is 4. The number of rotatable bonds is 7. The van der Waals surface area contributed by atoms with Gasteiger partial charge in [0.25, 0.3) is 0 Å². The van der Waals surface area contributed by atoms with E-state index < -0.39 is 28.4 Å². The summed E-state index contributed by atoms with van der Waals surface area (Å²) >= 11 is 0. The number of aromatic amines is 1. The molecule has 8 nitrogen and oxygen atoms in total. The molecule has 0 aliphatic heterocycles. The number of amides is 1. The monoisotopic (exact) mass is 407 g/mol. The maximum absolute atomic E-state index is 12.8. The average Bonchev–Trinajstić information content (AvgIpc) is 2.91. The number of ether oxygens (including phenoxy) is 1. The maximum atomic E-state index is 12.8. The molecule has 0 bridgehead atoms. The average molecular weight is 407 g/mol. The van der Waals surface area contributed by atoms with E-state index in [-0.39, 0.29) is 17.1 Å². The molecule has 0 fully saturated rings. The van der Waals surface area contributed by atoms with Crippen LogP contribution in [0.15, 0.2) is 23.1 Å². The van der Waals surface area contributed by atoms with Crippen molar-refractivity contribution in [2.75, 3.05) is 18.5 Å². The van der Waals surface area contributed by atoms with E-state index in [1.165, 1.54) is 0 Å². The quantitative estimate of drug-likeness (QED) is 0.609. The van der Waals surface area contributed by atoms with Crippen molar-refractivity contribution in [3.8, 4) is 0 Å². The van der Waals surface area contributed by atoms with Gasteiger partial charge in [0.2, 0.25) is 15.9 Å². The van der Waals surface area contributed by atoms with E-state index in [0.717, 1.165) is 11.1 Å². The maximum Gasteiger partial charge on any atom is 0.341 e. The molecule has 0 spiro atoms. The second-order valence-corrected chi connectivity index (χ2v) is 8.19. The number of benzene rings is 1. The number of carbonyl (C=O) groups is 2. The number of hydrogen-bond donors (Lipinski definition) is 3. The SMILES string of the molecule is CCOC(=O)c1c(C)[nH]c(C)c1S(=O)(=O)NCC(=O)Nc1cc(C)ccc1C. The van der Waals surface area contributed by atoms with Gasteiger partial charge in [0, 0.05) is 17.1 Å². The van der Waals surface area contributed by atoms with Gasteiger partial charge in [-0.1, -0.05) is 12.1 Å². The third-order valence-electron chi connectivity index (χ3n) is 4.16. The van der Waals surface area contributed by atoms with Gasteiger partial charge in [0.15, 0.2) is 0 Å². The van der Waals surface area contributed by atoms with Crippen molar-refractivity contribution in [1.29, 1.82) is 0 Å². The summed E-state index contributed by atoms with van der Waals surface area (Å²) in [6.07, 6.45) is 0. The highest BCUT2D eigenvalue weighted by Gasteiger charge is 2.30. The van der Waals surface area contributed by atoms with Crippen molar-refractivity contribution in [2.45, 2.75) is 39.5 Å². The first-order valence-electron chi connectivity index (χ1n) is 8.79. The molecular weight excluding hydrogens is 382 g/mol. The number of aromatic nitrogens is 1. The highest BCUT2D eigenvalue weighted by molar-refractivity contribution is 7.89. The van der Waals surface area contributed by atoms with Gasteiger partial charge in [0.1, 0.15) is 10.5 Å². The molecule has 1 heterocycles. The molecule has 28 heavy (non-hydrogen) atoms. The number of anilines is 1. The first-order chi connectivity index (χ1) is 13.1. The normalized spacial score (nSPS) is 11.3. The lowest BCUT2D eigenvalue weighted by Crippen LogP contribution is -2.34. The van der Waals surface area contributed by atoms with Gasteiger partial charge in [-0.2, -0.15) is 0 Å². The fraction of sp³-hybridized carbons (Fsp3) is 0.368. The second kappa shape index (κ2) is 8.57. The highest BCUT2D eigenvalue weighted by atomic mass is 32.2. The summed E-state index contributed by atoms with van der Waals surface area (Å²) in [5.41, 5.74) is 3.08. The van der Waals surface area contributed by atoms with Crippen LogP contribution in [0.25, 0.3) is 0 Å². The second-order valence-electron chi connectivity index (χ2n) is 6.49. The molecule has 0 unspecified atom stereocenters. The Hall–Kier alpha value is -2.65. The highest BCUT2D eigenvalue weighted by Crippen LogP contribution is 2.24. The Morgan fingerprint density at radius 2 is 1.79 bits per heavy atom. The van der Waals surface area contributed by atoms with Gasteiger partial charge in [-0.25, -0.2) is 17.9 Å². The molecule has 1 aromatic heterocycles.